The highest BCUT2D eigenvalue weighted by molar-refractivity contribution is 5.46. The van der Waals surface area contributed by atoms with Crippen molar-refractivity contribution in [2.75, 3.05) is 32.1 Å². The van der Waals surface area contributed by atoms with Gasteiger partial charge < -0.3 is 10.1 Å². The SMILES string of the molecule is COc1cccc([C@H](C)N2CCC[C@@H](CNc3cc(C)nc(C(F)(F)F)c3)C2)n1. The molecule has 1 saturated heterocycles. The number of ether oxygens (including phenoxy) is 1. The van der Waals surface area contributed by atoms with Crippen molar-refractivity contribution in [1.29, 1.82) is 0 Å². The molecule has 158 valence electrons. The van der Waals surface area contributed by atoms with Crippen LogP contribution in [-0.2, 0) is 6.18 Å². The zero-order valence-corrected chi connectivity index (χ0v) is 17.0. The first-order valence-corrected chi connectivity index (χ1v) is 9.81. The number of nitrogens with one attached hydrogen (secondary N) is 1. The van der Waals surface area contributed by atoms with Gasteiger partial charge in [-0.05, 0) is 57.4 Å². The van der Waals surface area contributed by atoms with Crippen LogP contribution in [0.4, 0.5) is 18.9 Å². The van der Waals surface area contributed by atoms with Gasteiger partial charge in [0.15, 0.2) is 0 Å². The molecule has 1 aliphatic rings. The Kier molecular flexibility index (Phi) is 6.62. The first-order chi connectivity index (χ1) is 13.8. The van der Waals surface area contributed by atoms with Crippen LogP contribution in [0, 0.1) is 12.8 Å². The number of aryl methyl sites for hydroxylation is 1. The van der Waals surface area contributed by atoms with E-state index in [9.17, 15) is 13.2 Å². The van der Waals surface area contributed by atoms with Crippen molar-refractivity contribution in [2.24, 2.45) is 5.92 Å². The molecule has 0 saturated carbocycles. The van der Waals surface area contributed by atoms with E-state index in [1.54, 1.807) is 20.1 Å². The maximum atomic E-state index is 13.0. The summed E-state index contributed by atoms with van der Waals surface area (Å²) < 4.78 is 44.2. The Morgan fingerprint density at radius 2 is 2.07 bits per heavy atom. The topological polar surface area (TPSA) is 50.3 Å². The normalized spacial score (nSPS) is 19.0. The lowest BCUT2D eigenvalue weighted by Gasteiger charge is -2.36. The van der Waals surface area contributed by atoms with Crippen molar-refractivity contribution in [3.05, 3.63) is 47.4 Å². The Labute approximate surface area is 169 Å². The molecule has 0 aliphatic carbocycles. The van der Waals surface area contributed by atoms with Gasteiger partial charge in [0, 0.05) is 36.6 Å². The van der Waals surface area contributed by atoms with Crippen molar-refractivity contribution < 1.29 is 17.9 Å². The van der Waals surface area contributed by atoms with Crippen LogP contribution in [0.25, 0.3) is 0 Å². The molecule has 3 heterocycles. The third-order valence-electron chi connectivity index (χ3n) is 5.32. The third kappa shape index (κ3) is 5.59. The Morgan fingerprint density at radius 1 is 1.28 bits per heavy atom. The highest BCUT2D eigenvalue weighted by Crippen LogP contribution is 2.30. The lowest BCUT2D eigenvalue weighted by molar-refractivity contribution is -0.141. The first-order valence-electron chi connectivity index (χ1n) is 9.81. The molecular weight excluding hydrogens is 381 g/mol. The first kappa shape index (κ1) is 21.4. The lowest BCUT2D eigenvalue weighted by Crippen LogP contribution is -2.39. The van der Waals surface area contributed by atoms with Crippen LogP contribution in [0.5, 0.6) is 5.88 Å². The molecule has 5 nitrogen and oxygen atoms in total. The van der Waals surface area contributed by atoms with Crippen molar-refractivity contribution in [1.82, 2.24) is 14.9 Å². The largest absolute Gasteiger partial charge is 0.481 e. The number of aromatic nitrogens is 2. The summed E-state index contributed by atoms with van der Waals surface area (Å²) >= 11 is 0. The molecule has 0 aromatic carbocycles. The van der Waals surface area contributed by atoms with Crippen LogP contribution in [0.2, 0.25) is 0 Å². The summed E-state index contributed by atoms with van der Waals surface area (Å²) in [7, 11) is 1.60. The van der Waals surface area contributed by atoms with Crippen LogP contribution in [0.15, 0.2) is 30.3 Å². The Morgan fingerprint density at radius 3 is 2.79 bits per heavy atom. The highest BCUT2D eigenvalue weighted by Gasteiger charge is 2.33. The number of halogens is 3. The fraction of sp³-hybridized carbons (Fsp3) is 0.524. The number of methoxy groups -OCH3 is 1. The van der Waals surface area contributed by atoms with Gasteiger partial charge in [0.05, 0.1) is 12.8 Å². The predicted molar refractivity (Wildman–Crippen MR) is 106 cm³/mol. The fourth-order valence-electron chi connectivity index (χ4n) is 3.76. The van der Waals surface area contributed by atoms with Gasteiger partial charge in [-0.15, -0.1) is 0 Å². The molecule has 29 heavy (non-hydrogen) atoms. The number of pyridine rings is 2. The summed E-state index contributed by atoms with van der Waals surface area (Å²) in [4.78, 5) is 10.5. The number of piperidine rings is 1. The van der Waals surface area contributed by atoms with E-state index in [0.29, 0.717) is 29.7 Å². The summed E-state index contributed by atoms with van der Waals surface area (Å²) in [6, 6.07) is 8.63. The number of likely N-dealkylation sites (tertiary alicyclic amines) is 1. The second-order valence-electron chi connectivity index (χ2n) is 7.55. The van der Waals surface area contributed by atoms with Crippen LogP contribution in [0.1, 0.15) is 42.9 Å². The molecule has 0 amide bonds. The van der Waals surface area contributed by atoms with Gasteiger partial charge in [0.25, 0.3) is 0 Å². The molecular formula is C21H27F3N4O. The molecule has 2 aromatic heterocycles. The minimum absolute atomic E-state index is 0.146. The minimum Gasteiger partial charge on any atom is -0.481 e. The van der Waals surface area contributed by atoms with Gasteiger partial charge in [-0.1, -0.05) is 6.07 Å². The van der Waals surface area contributed by atoms with Crippen molar-refractivity contribution in [3.63, 3.8) is 0 Å². The molecule has 0 bridgehead atoms. The van der Waals surface area contributed by atoms with Gasteiger partial charge >= 0.3 is 6.18 Å². The lowest BCUT2D eigenvalue weighted by atomic mass is 9.96. The Balaban J connectivity index is 1.62. The maximum Gasteiger partial charge on any atom is 0.433 e. The summed E-state index contributed by atoms with van der Waals surface area (Å²) in [5, 5.41) is 3.18. The Hall–Kier alpha value is -2.35. The molecule has 0 unspecified atom stereocenters. The second kappa shape index (κ2) is 8.98. The zero-order valence-electron chi connectivity index (χ0n) is 17.0. The molecule has 1 aliphatic heterocycles. The van der Waals surface area contributed by atoms with Crippen molar-refractivity contribution >= 4 is 5.69 Å². The van der Waals surface area contributed by atoms with E-state index in [4.69, 9.17) is 4.74 Å². The quantitative estimate of drug-likeness (QED) is 0.751. The number of hydrogen-bond donors (Lipinski definition) is 1. The molecule has 1 fully saturated rings. The molecule has 3 rings (SSSR count). The number of nitrogens with zero attached hydrogens (tertiary/aromatic N) is 3. The summed E-state index contributed by atoms with van der Waals surface area (Å²) in [5.74, 6) is 0.942. The number of hydrogen-bond acceptors (Lipinski definition) is 5. The fourth-order valence-corrected chi connectivity index (χ4v) is 3.76. The third-order valence-corrected chi connectivity index (χ3v) is 5.32. The Bertz CT molecular complexity index is 828. The maximum absolute atomic E-state index is 13.0. The van der Waals surface area contributed by atoms with Crippen molar-refractivity contribution in [2.45, 2.75) is 38.9 Å². The van der Waals surface area contributed by atoms with Gasteiger partial charge in [0.1, 0.15) is 5.69 Å². The van der Waals surface area contributed by atoms with Crippen molar-refractivity contribution in [3.8, 4) is 5.88 Å². The smallest absolute Gasteiger partial charge is 0.433 e. The van der Waals surface area contributed by atoms with Gasteiger partial charge in [-0.2, -0.15) is 13.2 Å². The summed E-state index contributed by atoms with van der Waals surface area (Å²) in [6.07, 6.45) is -2.36. The van der Waals surface area contributed by atoms with E-state index in [1.807, 2.05) is 18.2 Å². The number of anilines is 1. The second-order valence-corrected chi connectivity index (χ2v) is 7.55. The highest BCUT2D eigenvalue weighted by atomic mass is 19.4. The van der Waals surface area contributed by atoms with E-state index < -0.39 is 11.9 Å². The molecule has 0 radical (unpaired) electrons. The van der Waals surface area contributed by atoms with E-state index in [0.717, 1.165) is 37.7 Å². The standard InChI is InChI=1S/C21H27F3N4O/c1-14-10-17(11-19(26-14)21(22,23)24)25-12-16-6-5-9-28(13-16)15(2)18-7-4-8-20(27-18)29-3/h4,7-8,10-11,15-16H,5-6,9,12-13H2,1-3H3,(H,25,26)/t15-,16-/m0/s1. The zero-order chi connectivity index (χ0) is 21.0. The number of rotatable bonds is 6. The van der Waals surface area contributed by atoms with Crippen LogP contribution >= 0.6 is 0 Å². The molecule has 0 spiro atoms. The van der Waals surface area contributed by atoms with Crippen LogP contribution in [0.3, 0.4) is 0 Å². The minimum atomic E-state index is -4.44. The average molecular weight is 408 g/mol. The van der Waals surface area contributed by atoms with Crippen LogP contribution < -0.4 is 10.1 Å². The molecule has 2 atom stereocenters. The van der Waals surface area contributed by atoms with Crippen LogP contribution in [-0.4, -0.2) is 41.6 Å². The van der Waals surface area contributed by atoms with E-state index in [1.165, 1.54) is 0 Å². The van der Waals surface area contributed by atoms with E-state index in [-0.39, 0.29) is 6.04 Å². The van der Waals surface area contributed by atoms with E-state index in [2.05, 4.69) is 27.1 Å². The van der Waals surface area contributed by atoms with Gasteiger partial charge in [-0.25, -0.2) is 9.97 Å². The monoisotopic (exact) mass is 408 g/mol. The van der Waals surface area contributed by atoms with E-state index >= 15 is 0 Å². The summed E-state index contributed by atoms with van der Waals surface area (Å²) in [6.45, 7) is 6.16. The van der Waals surface area contributed by atoms with Gasteiger partial charge in [-0.3, -0.25) is 4.90 Å². The molecule has 8 heteroatoms. The van der Waals surface area contributed by atoms with Gasteiger partial charge in [0.2, 0.25) is 5.88 Å². The summed E-state index contributed by atoms with van der Waals surface area (Å²) in [5.41, 5.74) is 0.912. The average Bonchev–Trinajstić information content (AvgIpc) is 2.71. The number of alkyl halides is 3. The predicted octanol–water partition coefficient (Wildman–Crippen LogP) is 4.70. The molecule has 1 N–H and O–H groups in total. The molecule has 2 aromatic rings.